The summed E-state index contributed by atoms with van der Waals surface area (Å²) in [6, 6.07) is 7.26. The van der Waals surface area contributed by atoms with E-state index in [2.05, 4.69) is 22.9 Å². The molecule has 114 valence electrons. The minimum atomic E-state index is -0.558. The van der Waals surface area contributed by atoms with Crippen LogP contribution in [0.5, 0.6) is 0 Å². The van der Waals surface area contributed by atoms with Crippen molar-refractivity contribution in [2.45, 2.75) is 38.4 Å². The number of nitrogens with one attached hydrogen (secondary N) is 3. The number of hydrogen-bond acceptors (Lipinski definition) is 3. The van der Waals surface area contributed by atoms with E-state index in [9.17, 15) is 9.59 Å². The predicted octanol–water partition coefficient (Wildman–Crippen LogP) is 0.725. The highest BCUT2D eigenvalue weighted by Crippen LogP contribution is 2.10. The molecule has 3 amide bonds. The summed E-state index contributed by atoms with van der Waals surface area (Å²) in [5.41, 5.74) is 6.55. The molecule has 1 fully saturated rings. The first-order valence-corrected chi connectivity index (χ1v) is 7.21. The summed E-state index contributed by atoms with van der Waals surface area (Å²) in [5.74, 6) is -0.0523. The molecule has 1 saturated heterocycles. The second-order valence-electron chi connectivity index (χ2n) is 5.46. The van der Waals surface area contributed by atoms with E-state index >= 15 is 0 Å². The molecule has 5 N–H and O–H groups in total. The Morgan fingerprint density at radius 2 is 2.05 bits per heavy atom. The molecule has 1 heterocycles. The monoisotopic (exact) mass is 290 g/mol. The van der Waals surface area contributed by atoms with Crippen molar-refractivity contribution in [2.75, 3.05) is 6.54 Å². The van der Waals surface area contributed by atoms with Crippen molar-refractivity contribution in [1.29, 1.82) is 0 Å². The fourth-order valence-corrected chi connectivity index (χ4v) is 2.49. The molecular weight excluding hydrogens is 268 g/mol. The van der Waals surface area contributed by atoms with Gasteiger partial charge in [-0.15, -0.1) is 0 Å². The number of rotatable bonds is 4. The van der Waals surface area contributed by atoms with Crippen LogP contribution >= 0.6 is 0 Å². The van der Waals surface area contributed by atoms with E-state index in [0.29, 0.717) is 18.2 Å². The summed E-state index contributed by atoms with van der Waals surface area (Å²) in [4.78, 5) is 22.8. The van der Waals surface area contributed by atoms with Crippen molar-refractivity contribution < 1.29 is 9.59 Å². The standard InChI is InChI=1S/C15H22N4O2/c1-10-8-13(6-7-17-10)19-14(20)12-4-2-11(3-5-12)9-18-15(16)21/h2-5,10,13,17H,6-9H2,1H3,(H,19,20)(H3,16,18,21). The van der Waals surface area contributed by atoms with Crippen molar-refractivity contribution in [3.63, 3.8) is 0 Å². The molecule has 21 heavy (non-hydrogen) atoms. The molecule has 1 aliphatic heterocycles. The molecule has 0 aliphatic carbocycles. The third-order valence-electron chi connectivity index (χ3n) is 3.64. The zero-order valence-electron chi connectivity index (χ0n) is 12.2. The highest BCUT2D eigenvalue weighted by atomic mass is 16.2. The van der Waals surface area contributed by atoms with Gasteiger partial charge < -0.3 is 21.7 Å². The van der Waals surface area contributed by atoms with Gasteiger partial charge in [0.1, 0.15) is 0 Å². The Morgan fingerprint density at radius 1 is 1.33 bits per heavy atom. The van der Waals surface area contributed by atoms with Crippen LogP contribution in [0.25, 0.3) is 0 Å². The molecule has 6 heteroatoms. The van der Waals surface area contributed by atoms with Gasteiger partial charge in [-0.3, -0.25) is 4.79 Å². The molecule has 2 rings (SSSR count). The Kier molecular flexibility index (Phi) is 5.16. The highest BCUT2D eigenvalue weighted by Gasteiger charge is 2.20. The number of piperidine rings is 1. The third-order valence-corrected chi connectivity index (χ3v) is 3.64. The molecule has 0 spiro atoms. The number of hydrogen-bond donors (Lipinski definition) is 4. The van der Waals surface area contributed by atoms with E-state index in [-0.39, 0.29) is 11.9 Å². The Bertz CT molecular complexity index is 501. The minimum absolute atomic E-state index is 0.0523. The normalized spacial score (nSPS) is 21.6. The molecule has 0 radical (unpaired) electrons. The first-order chi connectivity index (χ1) is 10.0. The van der Waals surface area contributed by atoms with Gasteiger partial charge >= 0.3 is 6.03 Å². The summed E-state index contributed by atoms with van der Waals surface area (Å²) < 4.78 is 0. The summed E-state index contributed by atoms with van der Waals surface area (Å²) in [6.45, 7) is 3.42. The van der Waals surface area contributed by atoms with Crippen LogP contribution in [-0.2, 0) is 6.54 Å². The Hall–Kier alpha value is -2.08. The van der Waals surface area contributed by atoms with Gasteiger partial charge in [-0.1, -0.05) is 12.1 Å². The van der Waals surface area contributed by atoms with Crippen LogP contribution in [0.3, 0.4) is 0 Å². The van der Waals surface area contributed by atoms with E-state index in [4.69, 9.17) is 5.73 Å². The summed E-state index contributed by atoms with van der Waals surface area (Å²) in [6.07, 6.45) is 1.91. The fourth-order valence-electron chi connectivity index (χ4n) is 2.49. The van der Waals surface area contributed by atoms with Crippen molar-refractivity contribution >= 4 is 11.9 Å². The van der Waals surface area contributed by atoms with Gasteiger partial charge in [0.05, 0.1) is 0 Å². The van der Waals surface area contributed by atoms with E-state index in [1.165, 1.54) is 0 Å². The number of urea groups is 1. The molecule has 1 aliphatic rings. The highest BCUT2D eigenvalue weighted by molar-refractivity contribution is 5.94. The Labute approximate surface area is 124 Å². The first kappa shape index (κ1) is 15.3. The van der Waals surface area contributed by atoms with Gasteiger partial charge in [0.2, 0.25) is 0 Å². The Balaban J connectivity index is 1.88. The maximum absolute atomic E-state index is 12.2. The second-order valence-corrected chi connectivity index (χ2v) is 5.46. The number of nitrogens with two attached hydrogens (primary N) is 1. The minimum Gasteiger partial charge on any atom is -0.352 e. The van der Waals surface area contributed by atoms with Crippen molar-refractivity contribution in [2.24, 2.45) is 5.73 Å². The number of carbonyl (C=O) groups excluding carboxylic acids is 2. The average molecular weight is 290 g/mol. The van der Waals surface area contributed by atoms with Crippen LogP contribution in [0.2, 0.25) is 0 Å². The topological polar surface area (TPSA) is 96.2 Å². The zero-order chi connectivity index (χ0) is 15.2. The molecule has 1 aromatic carbocycles. The van der Waals surface area contributed by atoms with E-state index in [1.54, 1.807) is 12.1 Å². The van der Waals surface area contributed by atoms with Gasteiger partial charge in [-0.2, -0.15) is 0 Å². The SMILES string of the molecule is CC1CC(NC(=O)c2ccc(CNC(N)=O)cc2)CCN1. The van der Waals surface area contributed by atoms with Crippen LogP contribution in [0.1, 0.15) is 35.7 Å². The largest absolute Gasteiger partial charge is 0.352 e. The molecular formula is C15H22N4O2. The van der Waals surface area contributed by atoms with E-state index in [0.717, 1.165) is 24.9 Å². The lowest BCUT2D eigenvalue weighted by molar-refractivity contribution is 0.0925. The molecule has 0 saturated carbocycles. The number of carbonyl (C=O) groups is 2. The van der Waals surface area contributed by atoms with Crippen LogP contribution in [0, 0.1) is 0 Å². The third kappa shape index (κ3) is 4.75. The van der Waals surface area contributed by atoms with Crippen molar-refractivity contribution in [3.8, 4) is 0 Å². The van der Waals surface area contributed by atoms with Crippen LogP contribution in [-0.4, -0.2) is 30.6 Å². The molecule has 2 unspecified atom stereocenters. The lowest BCUT2D eigenvalue weighted by atomic mass is 10.00. The average Bonchev–Trinajstić information content (AvgIpc) is 2.45. The number of benzene rings is 1. The zero-order valence-corrected chi connectivity index (χ0v) is 12.2. The quantitative estimate of drug-likeness (QED) is 0.658. The van der Waals surface area contributed by atoms with Gasteiger partial charge in [0.25, 0.3) is 5.91 Å². The van der Waals surface area contributed by atoms with Crippen LogP contribution < -0.4 is 21.7 Å². The van der Waals surface area contributed by atoms with Gasteiger partial charge in [0, 0.05) is 24.2 Å². The summed E-state index contributed by atoms with van der Waals surface area (Å²) >= 11 is 0. The van der Waals surface area contributed by atoms with Crippen LogP contribution in [0.4, 0.5) is 4.79 Å². The smallest absolute Gasteiger partial charge is 0.312 e. The molecule has 0 bridgehead atoms. The molecule has 6 nitrogen and oxygen atoms in total. The molecule has 2 atom stereocenters. The first-order valence-electron chi connectivity index (χ1n) is 7.21. The summed E-state index contributed by atoms with van der Waals surface area (Å²) in [7, 11) is 0. The van der Waals surface area contributed by atoms with Gasteiger partial charge in [-0.25, -0.2) is 4.79 Å². The lowest BCUT2D eigenvalue weighted by Crippen LogP contribution is -2.46. The van der Waals surface area contributed by atoms with Crippen LogP contribution in [0.15, 0.2) is 24.3 Å². The number of primary amides is 1. The fraction of sp³-hybridized carbons (Fsp3) is 0.467. The molecule has 0 aromatic heterocycles. The number of amides is 3. The maximum atomic E-state index is 12.2. The Morgan fingerprint density at radius 3 is 2.67 bits per heavy atom. The van der Waals surface area contributed by atoms with Crippen molar-refractivity contribution in [1.82, 2.24) is 16.0 Å². The van der Waals surface area contributed by atoms with Gasteiger partial charge in [0.15, 0.2) is 0 Å². The maximum Gasteiger partial charge on any atom is 0.312 e. The van der Waals surface area contributed by atoms with Gasteiger partial charge in [-0.05, 0) is 44.0 Å². The molecule has 1 aromatic rings. The predicted molar refractivity (Wildman–Crippen MR) is 80.8 cm³/mol. The van der Waals surface area contributed by atoms with E-state index in [1.807, 2.05) is 12.1 Å². The van der Waals surface area contributed by atoms with E-state index < -0.39 is 6.03 Å². The van der Waals surface area contributed by atoms with Crippen molar-refractivity contribution in [3.05, 3.63) is 35.4 Å². The lowest BCUT2D eigenvalue weighted by Gasteiger charge is -2.28. The summed E-state index contributed by atoms with van der Waals surface area (Å²) in [5, 5.41) is 8.94. The second kappa shape index (κ2) is 7.08.